The summed E-state index contributed by atoms with van der Waals surface area (Å²) < 4.78 is 0. The monoisotopic (exact) mass is 222 g/mol. The molecule has 16 heavy (non-hydrogen) atoms. The van der Waals surface area contributed by atoms with Crippen molar-refractivity contribution in [2.75, 3.05) is 0 Å². The largest absolute Gasteiger partial charge is 0.303 e. The van der Waals surface area contributed by atoms with Crippen molar-refractivity contribution in [3.63, 3.8) is 0 Å². The van der Waals surface area contributed by atoms with E-state index in [1.54, 1.807) is 0 Å². The molecule has 0 saturated heterocycles. The van der Waals surface area contributed by atoms with E-state index in [-0.39, 0.29) is 0 Å². The van der Waals surface area contributed by atoms with Gasteiger partial charge in [-0.15, -0.1) is 0 Å². The molecule has 0 spiro atoms. The van der Waals surface area contributed by atoms with E-state index >= 15 is 0 Å². The van der Waals surface area contributed by atoms with Gasteiger partial charge in [-0.25, -0.2) is 0 Å². The molecule has 0 aromatic heterocycles. The summed E-state index contributed by atoms with van der Waals surface area (Å²) in [5.41, 5.74) is 1.20. The molecule has 1 nitrogen and oxygen atoms in total. The molecule has 0 radical (unpaired) electrons. The van der Waals surface area contributed by atoms with Crippen molar-refractivity contribution in [3.8, 4) is 0 Å². The molecule has 0 heterocycles. The normalized spacial score (nSPS) is 14.3. The minimum Gasteiger partial charge on any atom is -0.303 e. The highest BCUT2D eigenvalue weighted by molar-refractivity contribution is 5.53. The van der Waals surface area contributed by atoms with Crippen molar-refractivity contribution in [1.29, 1.82) is 0 Å². The lowest BCUT2D eigenvalue weighted by atomic mass is 10.1. The van der Waals surface area contributed by atoms with Gasteiger partial charge in [0.05, 0.1) is 0 Å². The van der Waals surface area contributed by atoms with Gasteiger partial charge in [-0.2, -0.15) is 0 Å². The van der Waals surface area contributed by atoms with Crippen LogP contribution in [0.3, 0.4) is 0 Å². The van der Waals surface area contributed by atoms with E-state index in [0.29, 0.717) is 6.42 Å². The highest BCUT2D eigenvalue weighted by Crippen LogP contribution is 2.08. The van der Waals surface area contributed by atoms with Crippen molar-refractivity contribution in [2.24, 2.45) is 5.92 Å². The van der Waals surface area contributed by atoms with Gasteiger partial charge in [0.2, 0.25) is 0 Å². The van der Waals surface area contributed by atoms with Crippen LogP contribution in [0.5, 0.6) is 0 Å². The predicted octanol–water partition coefficient (Wildman–Crippen LogP) is 4.68. The SMILES string of the molecule is CCC(C)/C=C/CCCC/C=C(\C)CC=O. The van der Waals surface area contributed by atoms with Crippen LogP contribution < -0.4 is 0 Å². The topological polar surface area (TPSA) is 17.1 Å². The fourth-order valence-corrected chi connectivity index (χ4v) is 1.43. The molecule has 1 heteroatoms. The van der Waals surface area contributed by atoms with Gasteiger partial charge < -0.3 is 4.79 Å². The van der Waals surface area contributed by atoms with Crippen molar-refractivity contribution < 1.29 is 4.79 Å². The molecule has 0 aromatic rings. The minimum atomic E-state index is 0.591. The van der Waals surface area contributed by atoms with E-state index in [4.69, 9.17) is 0 Å². The van der Waals surface area contributed by atoms with E-state index in [1.807, 2.05) is 6.92 Å². The van der Waals surface area contributed by atoms with Gasteiger partial charge in [0, 0.05) is 6.42 Å². The number of hydrogen-bond donors (Lipinski definition) is 0. The molecule has 0 saturated carbocycles. The number of carbonyl (C=O) groups excluding carboxylic acids is 1. The quantitative estimate of drug-likeness (QED) is 0.314. The van der Waals surface area contributed by atoms with Gasteiger partial charge in [-0.05, 0) is 38.5 Å². The van der Waals surface area contributed by atoms with E-state index < -0.39 is 0 Å². The van der Waals surface area contributed by atoms with E-state index in [1.165, 1.54) is 31.3 Å². The zero-order valence-electron chi connectivity index (χ0n) is 11.0. The molecular weight excluding hydrogens is 196 g/mol. The fourth-order valence-electron chi connectivity index (χ4n) is 1.43. The highest BCUT2D eigenvalue weighted by Gasteiger charge is 1.91. The maximum atomic E-state index is 10.2. The summed E-state index contributed by atoms with van der Waals surface area (Å²) in [5.74, 6) is 0.717. The lowest BCUT2D eigenvalue weighted by Crippen LogP contribution is -1.84. The Morgan fingerprint density at radius 1 is 1.25 bits per heavy atom. The Labute approximate surface area is 101 Å². The van der Waals surface area contributed by atoms with Crippen LogP contribution in [0, 0.1) is 5.92 Å². The number of rotatable bonds is 9. The molecule has 0 amide bonds. The van der Waals surface area contributed by atoms with Crippen LogP contribution in [0.15, 0.2) is 23.8 Å². The summed E-state index contributed by atoms with van der Waals surface area (Å²) >= 11 is 0. The highest BCUT2D eigenvalue weighted by atomic mass is 16.1. The zero-order valence-corrected chi connectivity index (χ0v) is 11.0. The number of allylic oxidation sites excluding steroid dienone is 4. The van der Waals surface area contributed by atoms with Crippen LogP contribution in [0.25, 0.3) is 0 Å². The number of carbonyl (C=O) groups is 1. The molecule has 0 aliphatic carbocycles. The van der Waals surface area contributed by atoms with Gasteiger partial charge in [-0.3, -0.25) is 0 Å². The Balaban J connectivity index is 3.43. The first-order valence-electron chi connectivity index (χ1n) is 6.46. The maximum Gasteiger partial charge on any atom is 0.124 e. The van der Waals surface area contributed by atoms with Crippen LogP contribution in [0.2, 0.25) is 0 Å². The molecule has 0 aliphatic rings. The standard InChI is InChI=1S/C15H26O/c1-4-14(2)10-8-6-5-7-9-11-15(3)12-13-16/h8,10-11,13-14H,4-7,9,12H2,1-3H3/b10-8+,15-11+. The second kappa shape index (κ2) is 10.7. The van der Waals surface area contributed by atoms with Gasteiger partial charge in [0.15, 0.2) is 0 Å². The van der Waals surface area contributed by atoms with Crippen LogP contribution in [0.4, 0.5) is 0 Å². The van der Waals surface area contributed by atoms with Gasteiger partial charge >= 0.3 is 0 Å². The third kappa shape index (κ3) is 9.70. The lowest BCUT2D eigenvalue weighted by Gasteiger charge is -1.99. The van der Waals surface area contributed by atoms with Crippen molar-refractivity contribution >= 4 is 6.29 Å². The Hall–Kier alpha value is -0.850. The first-order chi connectivity index (χ1) is 7.70. The first kappa shape index (κ1) is 15.2. The van der Waals surface area contributed by atoms with Gasteiger partial charge in [-0.1, -0.05) is 44.1 Å². The third-order valence-electron chi connectivity index (χ3n) is 2.83. The number of unbranched alkanes of at least 4 members (excludes halogenated alkanes) is 3. The Kier molecular flexibility index (Phi) is 10.1. The summed E-state index contributed by atoms with van der Waals surface area (Å²) in [6.45, 7) is 6.49. The molecule has 92 valence electrons. The zero-order chi connectivity index (χ0) is 12.2. The predicted molar refractivity (Wildman–Crippen MR) is 71.5 cm³/mol. The summed E-state index contributed by atoms with van der Waals surface area (Å²) in [7, 11) is 0. The van der Waals surface area contributed by atoms with Crippen molar-refractivity contribution in [1.82, 2.24) is 0 Å². The summed E-state index contributed by atoms with van der Waals surface area (Å²) in [5, 5.41) is 0. The molecule has 0 bridgehead atoms. The molecule has 0 fully saturated rings. The second-order valence-electron chi connectivity index (χ2n) is 4.52. The van der Waals surface area contributed by atoms with Crippen LogP contribution in [-0.2, 0) is 4.79 Å². The minimum absolute atomic E-state index is 0.591. The number of hydrogen-bond acceptors (Lipinski definition) is 1. The van der Waals surface area contributed by atoms with Gasteiger partial charge in [0.25, 0.3) is 0 Å². The summed E-state index contributed by atoms with van der Waals surface area (Å²) in [4.78, 5) is 10.2. The van der Waals surface area contributed by atoms with E-state index in [0.717, 1.165) is 18.6 Å². The molecular formula is C15H26O. The van der Waals surface area contributed by atoms with Gasteiger partial charge in [0.1, 0.15) is 6.29 Å². The Morgan fingerprint density at radius 2 is 1.94 bits per heavy atom. The summed E-state index contributed by atoms with van der Waals surface area (Å²) in [6.07, 6.45) is 14.4. The molecule has 1 unspecified atom stereocenters. The van der Waals surface area contributed by atoms with Crippen LogP contribution >= 0.6 is 0 Å². The Morgan fingerprint density at radius 3 is 2.56 bits per heavy atom. The van der Waals surface area contributed by atoms with Crippen molar-refractivity contribution in [2.45, 2.75) is 59.3 Å². The fraction of sp³-hybridized carbons (Fsp3) is 0.667. The maximum absolute atomic E-state index is 10.2. The smallest absolute Gasteiger partial charge is 0.124 e. The Bertz CT molecular complexity index is 226. The molecule has 0 N–H and O–H groups in total. The molecule has 1 atom stereocenters. The summed E-state index contributed by atoms with van der Waals surface area (Å²) in [6, 6.07) is 0. The molecule has 0 aromatic carbocycles. The molecule has 0 rings (SSSR count). The van der Waals surface area contributed by atoms with Crippen LogP contribution in [-0.4, -0.2) is 6.29 Å². The second-order valence-corrected chi connectivity index (χ2v) is 4.52. The van der Waals surface area contributed by atoms with Crippen LogP contribution in [0.1, 0.15) is 59.3 Å². The van der Waals surface area contributed by atoms with E-state index in [9.17, 15) is 4.79 Å². The average molecular weight is 222 g/mol. The van der Waals surface area contributed by atoms with Crippen molar-refractivity contribution in [3.05, 3.63) is 23.8 Å². The third-order valence-corrected chi connectivity index (χ3v) is 2.83. The first-order valence-corrected chi connectivity index (χ1v) is 6.46. The molecule has 0 aliphatic heterocycles. The number of aldehydes is 1. The average Bonchev–Trinajstić information content (AvgIpc) is 2.27. The van der Waals surface area contributed by atoms with E-state index in [2.05, 4.69) is 32.1 Å². The lowest BCUT2D eigenvalue weighted by molar-refractivity contribution is -0.107.